The average Bonchev–Trinajstić information content (AvgIpc) is 2.75. The molecule has 0 aliphatic rings. The molecule has 0 bridgehead atoms. The van der Waals surface area contributed by atoms with Crippen molar-refractivity contribution in [1.29, 1.82) is 0 Å². The second-order valence-corrected chi connectivity index (χ2v) is 7.13. The summed E-state index contributed by atoms with van der Waals surface area (Å²) in [4.78, 5) is 2.31. The summed E-state index contributed by atoms with van der Waals surface area (Å²) in [7, 11) is 2.13. The molecule has 19 heavy (non-hydrogen) atoms. The van der Waals surface area contributed by atoms with Crippen molar-refractivity contribution in [3.63, 3.8) is 0 Å². The van der Waals surface area contributed by atoms with Crippen molar-refractivity contribution in [1.82, 2.24) is 4.90 Å². The van der Waals surface area contributed by atoms with Gasteiger partial charge in [0.2, 0.25) is 0 Å². The van der Waals surface area contributed by atoms with E-state index in [2.05, 4.69) is 70.5 Å². The Morgan fingerprint density at radius 1 is 1.37 bits per heavy atom. The third kappa shape index (κ3) is 3.89. The molecule has 1 heterocycles. The van der Waals surface area contributed by atoms with Gasteiger partial charge in [-0.3, -0.25) is 4.90 Å². The standard InChI is InChI=1S/C15H19BrN2S/c1-11-4-3-5-13(6-11)14(8-17)18(2)9-12-7-15(16)19-10-12/h3-7,10,14H,8-9,17H2,1-2H3. The van der Waals surface area contributed by atoms with Crippen LogP contribution in [0.4, 0.5) is 0 Å². The second kappa shape index (κ2) is 6.66. The fraction of sp³-hybridized carbons (Fsp3) is 0.333. The largest absolute Gasteiger partial charge is 0.329 e. The Balaban J connectivity index is 2.12. The van der Waals surface area contributed by atoms with Crippen molar-refractivity contribution < 1.29 is 0 Å². The molecule has 2 N–H and O–H groups in total. The zero-order valence-electron chi connectivity index (χ0n) is 11.3. The molecule has 0 saturated heterocycles. The van der Waals surface area contributed by atoms with E-state index in [1.807, 2.05) is 0 Å². The van der Waals surface area contributed by atoms with E-state index in [4.69, 9.17) is 5.73 Å². The SMILES string of the molecule is Cc1cccc(C(CN)N(C)Cc2csc(Br)c2)c1. The van der Waals surface area contributed by atoms with Crippen molar-refractivity contribution in [2.75, 3.05) is 13.6 Å². The monoisotopic (exact) mass is 338 g/mol. The van der Waals surface area contributed by atoms with Crippen LogP contribution in [-0.4, -0.2) is 18.5 Å². The highest BCUT2D eigenvalue weighted by molar-refractivity contribution is 9.11. The Morgan fingerprint density at radius 3 is 2.74 bits per heavy atom. The van der Waals surface area contributed by atoms with Gasteiger partial charge in [-0.05, 0) is 52.5 Å². The Kier molecular flexibility index (Phi) is 5.16. The van der Waals surface area contributed by atoms with Gasteiger partial charge in [-0.1, -0.05) is 29.8 Å². The summed E-state index contributed by atoms with van der Waals surface area (Å²) >= 11 is 5.23. The summed E-state index contributed by atoms with van der Waals surface area (Å²) in [5.41, 5.74) is 9.86. The number of nitrogens with zero attached hydrogens (tertiary/aromatic N) is 1. The lowest BCUT2D eigenvalue weighted by atomic mass is 10.0. The minimum absolute atomic E-state index is 0.263. The van der Waals surface area contributed by atoms with Crippen LogP contribution in [0.1, 0.15) is 22.7 Å². The van der Waals surface area contributed by atoms with Crippen molar-refractivity contribution in [2.24, 2.45) is 5.73 Å². The Labute approximate surface area is 127 Å². The van der Waals surface area contributed by atoms with E-state index >= 15 is 0 Å². The van der Waals surface area contributed by atoms with Crippen molar-refractivity contribution in [2.45, 2.75) is 19.5 Å². The Morgan fingerprint density at radius 2 is 2.16 bits per heavy atom. The third-order valence-electron chi connectivity index (χ3n) is 3.24. The van der Waals surface area contributed by atoms with Gasteiger partial charge in [-0.15, -0.1) is 11.3 Å². The predicted molar refractivity (Wildman–Crippen MR) is 86.5 cm³/mol. The lowest BCUT2D eigenvalue weighted by Crippen LogP contribution is -2.30. The van der Waals surface area contributed by atoms with Crippen LogP contribution in [0, 0.1) is 6.92 Å². The molecule has 1 atom stereocenters. The molecule has 0 radical (unpaired) electrons. The lowest BCUT2D eigenvalue weighted by Gasteiger charge is -2.27. The molecule has 1 unspecified atom stereocenters. The van der Waals surface area contributed by atoms with Crippen LogP contribution in [0.3, 0.4) is 0 Å². The van der Waals surface area contributed by atoms with Gasteiger partial charge < -0.3 is 5.73 Å². The average molecular weight is 339 g/mol. The zero-order valence-corrected chi connectivity index (χ0v) is 13.7. The Bertz CT molecular complexity index is 538. The number of likely N-dealkylation sites (N-methyl/N-ethyl adjacent to an activating group) is 1. The second-order valence-electron chi connectivity index (χ2n) is 4.84. The van der Waals surface area contributed by atoms with Gasteiger partial charge in [0, 0.05) is 19.1 Å². The normalized spacial score (nSPS) is 12.9. The molecule has 4 heteroatoms. The number of thiophene rings is 1. The van der Waals surface area contributed by atoms with Crippen molar-refractivity contribution >= 4 is 27.3 Å². The molecular formula is C15H19BrN2S. The summed E-state index contributed by atoms with van der Waals surface area (Å²) in [6, 6.07) is 11.0. The first-order valence-electron chi connectivity index (χ1n) is 6.30. The molecule has 2 nitrogen and oxygen atoms in total. The van der Waals surface area contributed by atoms with E-state index < -0.39 is 0 Å². The maximum atomic E-state index is 5.97. The molecule has 0 amide bonds. The van der Waals surface area contributed by atoms with E-state index in [0.717, 1.165) is 6.54 Å². The van der Waals surface area contributed by atoms with Crippen molar-refractivity contribution in [3.05, 3.63) is 56.2 Å². The van der Waals surface area contributed by atoms with Crippen LogP contribution in [0.5, 0.6) is 0 Å². The number of aryl methyl sites for hydroxylation is 1. The van der Waals surface area contributed by atoms with Gasteiger partial charge in [0.1, 0.15) is 0 Å². The number of benzene rings is 1. The maximum Gasteiger partial charge on any atom is 0.0701 e. The van der Waals surface area contributed by atoms with Gasteiger partial charge in [0.15, 0.2) is 0 Å². The highest BCUT2D eigenvalue weighted by atomic mass is 79.9. The molecule has 0 spiro atoms. The first-order chi connectivity index (χ1) is 9.10. The molecule has 1 aromatic heterocycles. The van der Waals surface area contributed by atoms with Crippen LogP contribution in [0.15, 0.2) is 39.5 Å². The molecule has 0 aliphatic heterocycles. The Hall–Kier alpha value is -0.680. The van der Waals surface area contributed by atoms with Gasteiger partial charge in [-0.25, -0.2) is 0 Å². The number of rotatable bonds is 5. The topological polar surface area (TPSA) is 29.3 Å². The highest BCUT2D eigenvalue weighted by Crippen LogP contribution is 2.25. The molecule has 102 valence electrons. The van der Waals surface area contributed by atoms with Crippen LogP contribution < -0.4 is 5.73 Å². The quantitative estimate of drug-likeness (QED) is 0.894. The van der Waals surface area contributed by atoms with Gasteiger partial charge in [0.05, 0.1) is 3.79 Å². The van der Waals surface area contributed by atoms with Crippen LogP contribution >= 0.6 is 27.3 Å². The highest BCUT2D eigenvalue weighted by Gasteiger charge is 2.16. The van der Waals surface area contributed by atoms with Gasteiger partial charge >= 0.3 is 0 Å². The van der Waals surface area contributed by atoms with Gasteiger partial charge in [0.25, 0.3) is 0 Å². The first kappa shape index (κ1) is 14.7. The summed E-state index contributed by atoms with van der Waals surface area (Å²) in [5.74, 6) is 0. The van der Waals surface area contributed by atoms with Gasteiger partial charge in [-0.2, -0.15) is 0 Å². The maximum absolute atomic E-state index is 5.97. The van der Waals surface area contributed by atoms with E-state index in [1.54, 1.807) is 11.3 Å². The molecule has 0 fully saturated rings. The van der Waals surface area contributed by atoms with Crippen molar-refractivity contribution in [3.8, 4) is 0 Å². The smallest absolute Gasteiger partial charge is 0.0701 e. The van der Waals surface area contributed by atoms with E-state index in [-0.39, 0.29) is 6.04 Å². The summed E-state index contributed by atoms with van der Waals surface area (Å²) in [6.45, 7) is 3.66. The minimum atomic E-state index is 0.263. The molecule has 2 aromatic rings. The number of halogens is 1. The zero-order chi connectivity index (χ0) is 13.8. The van der Waals surface area contributed by atoms with E-state index in [0.29, 0.717) is 6.54 Å². The summed E-state index contributed by atoms with van der Waals surface area (Å²) in [5, 5.41) is 2.18. The fourth-order valence-corrected chi connectivity index (χ4v) is 3.48. The molecule has 0 saturated carbocycles. The summed E-state index contributed by atoms with van der Waals surface area (Å²) in [6.07, 6.45) is 0. The lowest BCUT2D eigenvalue weighted by molar-refractivity contribution is 0.242. The summed E-state index contributed by atoms with van der Waals surface area (Å²) < 4.78 is 1.18. The minimum Gasteiger partial charge on any atom is -0.329 e. The number of hydrogen-bond acceptors (Lipinski definition) is 3. The molecular weight excluding hydrogens is 320 g/mol. The van der Waals surface area contributed by atoms with Crippen LogP contribution in [0.2, 0.25) is 0 Å². The molecule has 1 aromatic carbocycles. The molecule has 2 rings (SSSR count). The number of hydrogen-bond donors (Lipinski definition) is 1. The molecule has 0 aliphatic carbocycles. The van der Waals surface area contributed by atoms with E-state index in [1.165, 1.54) is 20.5 Å². The fourth-order valence-electron chi connectivity index (χ4n) is 2.27. The van der Waals surface area contributed by atoms with E-state index in [9.17, 15) is 0 Å². The third-order valence-corrected chi connectivity index (χ3v) is 4.79. The first-order valence-corrected chi connectivity index (χ1v) is 7.97. The van der Waals surface area contributed by atoms with Crippen LogP contribution in [0.25, 0.3) is 0 Å². The number of nitrogens with two attached hydrogens (primary N) is 1. The predicted octanol–water partition coefficient (Wildman–Crippen LogP) is 3.95. The van der Waals surface area contributed by atoms with Crippen LogP contribution in [-0.2, 0) is 6.54 Å².